The summed E-state index contributed by atoms with van der Waals surface area (Å²) in [5, 5.41) is 0. The number of nitrogens with zero attached hydrogens (tertiary/aromatic N) is 3. The maximum absolute atomic E-state index is 2.76. The molecule has 0 amide bonds. The van der Waals surface area contributed by atoms with Crippen LogP contribution in [-0.2, 0) is 10.8 Å². The second-order valence-electron chi connectivity index (χ2n) is 20.3. The zero-order valence-electron chi connectivity index (χ0n) is 40.3. The number of anilines is 2. The molecule has 0 N–H and O–H groups in total. The summed E-state index contributed by atoms with van der Waals surface area (Å²) in [6, 6.07) is 18.5. The molecule has 0 spiro atoms. The molecule has 0 bridgehead atoms. The van der Waals surface area contributed by atoms with Crippen molar-refractivity contribution in [2.24, 2.45) is 0 Å². The van der Waals surface area contributed by atoms with E-state index in [9.17, 15) is 0 Å². The number of piperidine rings is 1. The summed E-state index contributed by atoms with van der Waals surface area (Å²) < 4.78 is 2.76. The SMILES string of the molecule is CCCCCCCCCCCCN1C(=CC=C2CC/C(=C\C=C3\N(CCCCCCCCCCCC)c4ccccc4C3(C)C)C2=[N+]2CCCCC2)C(C)(C)c2ccccc21. The second-order valence-corrected chi connectivity index (χ2v) is 20.3. The number of unbranched alkanes of at least 4 members (excludes halogenated alkanes) is 18. The smallest absolute Gasteiger partial charge is 0.206 e. The molecule has 0 unspecified atom stereocenters. The van der Waals surface area contributed by atoms with Crippen LogP contribution in [0.4, 0.5) is 11.4 Å². The Bertz CT molecular complexity index is 1700. The highest BCUT2D eigenvalue weighted by molar-refractivity contribution is 6.12. The molecule has 2 fully saturated rings. The van der Waals surface area contributed by atoms with Gasteiger partial charge in [0.15, 0.2) is 0 Å². The first-order valence-electron chi connectivity index (χ1n) is 26.0. The lowest BCUT2D eigenvalue weighted by atomic mass is 9.83. The van der Waals surface area contributed by atoms with Crippen molar-refractivity contribution >= 4 is 17.1 Å². The van der Waals surface area contributed by atoms with Gasteiger partial charge in [0.25, 0.3) is 0 Å². The third kappa shape index (κ3) is 12.2. The Morgan fingerprint density at radius 2 is 0.820 bits per heavy atom. The molecule has 0 atom stereocenters. The molecule has 3 heteroatoms. The molecular weight excluding hydrogens is 739 g/mol. The van der Waals surface area contributed by atoms with Gasteiger partial charge in [-0.3, -0.25) is 0 Å². The molecule has 1 saturated carbocycles. The van der Waals surface area contributed by atoms with Crippen molar-refractivity contribution in [3.05, 3.63) is 107 Å². The lowest BCUT2D eigenvalue weighted by Gasteiger charge is -2.27. The summed E-state index contributed by atoms with van der Waals surface area (Å²) in [6.07, 6.45) is 44.0. The Morgan fingerprint density at radius 3 is 1.21 bits per heavy atom. The van der Waals surface area contributed by atoms with Crippen molar-refractivity contribution in [3.8, 4) is 0 Å². The number of allylic oxidation sites excluding steroid dienone is 8. The van der Waals surface area contributed by atoms with E-state index < -0.39 is 0 Å². The third-order valence-corrected chi connectivity index (χ3v) is 14.9. The Morgan fingerprint density at radius 1 is 0.459 bits per heavy atom. The number of hydrogen-bond acceptors (Lipinski definition) is 2. The van der Waals surface area contributed by atoms with Gasteiger partial charge in [0.2, 0.25) is 5.71 Å². The normalized spacial score (nSPS) is 20.9. The van der Waals surface area contributed by atoms with Crippen LogP contribution in [0.1, 0.15) is 213 Å². The zero-order valence-corrected chi connectivity index (χ0v) is 40.3. The average Bonchev–Trinajstić information content (AvgIpc) is 3.85. The number of fused-ring (bicyclic) bond motifs is 2. The molecule has 4 aliphatic rings. The molecule has 3 heterocycles. The quantitative estimate of drug-likeness (QED) is 0.0770. The van der Waals surface area contributed by atoms with Crippen LogP contribution in [0.5, 0.6) is 0 Å². The number of para-hydroxylation sites is 2. The van der Waals surface area contributed by atoms with Crippen LogP contribution in [0.2, 0.25) is 0 Å². The largest absolute Gasteiger partial charge is 0.344 e. The van der Waals surface area contributed by atoms with Crippen molar-refractivity contribution in [1.82, 2.24) is 0 Å². The van der Waals surface area contributed by atoms with Crippen molar-refractivity contribution in [2.75, 3.05) is 36.0 Å². The standard InChI is InChI=1S/C58H88N3/c1-7-9-11-13-15-17-19-21-23-32-46-60-52-36-28-26-34-50(52)57(3,4)54(60)42-40-48-38-39-49(56(48)59-44-30-25-31-45-59)41-43-55-58(5,6)51-35-27-29-37-53(51)61(55)47-33-24-22-20-18-16-14-12-10-8-2/h26-29,34-37,40-43H,7-25,30-33,38-39,44-47H2,1-6H3/q+1. The van der Waals surface area contributed by atoms with Crippen LogP contribution in [0, 0.1) is 0 Å². The van der Waals surface area contributed by atoms with Gasteiger partial charge >= 0.3 is 0 Å². The van der Waals surface area contributed by atoms with Crippen LogP contribution in [0.25, 0.3) is 0 Å². The molecule has 334 valence electrons. The fraction of sp³-hybridized carbons (Fsp3) is 0.638. The lowest BCUT2D eigenvalue weighted by Crippen LogP contribution is -2.28. The minimum Gasteiger partial charge on any atom is -0.344 e. The number of rotatable bonds is 24. The van der Waals surface area contributed by atoms with E-state index in [-0.39, 0.29) is 10.8 Å². The van der Waals surface area contributed by atoms with Gasteiger partial charge in [0.05, 0.1) is 0 Å². The molecule has 0 aromatic heterocycles. The van der Waals surface area contributed by atoms with Gasteiger partial charge in [0.1, 0.15) is 13.1 Å². The van der Waals surface area contributed by atoms with Crippen molar-refractivity contribution < 1.29 is 4.58 Å². The van der Waals surface area contributed by atoms with Crippen molar-refractivity contribution in [2.45, 2.75) is 213 Å². The van der Waals surface area contributed by atoms with Crippen LogP contribution in [-0.4, -0.2) is 36.5 Å². The summed E-state index contributed by atoms with van der Waals surface area (Å²) >= 11 is 0. The lowest BCUT2D eigenvalue weighted by molar-refractivity contribution is -0.536. The van der Waals surface area contributed by atoms with Crippen LogP contribution >= 0.6 is 0 Å². The van der Waals surface area contributed by atoms with Gasteiger partial charge in [-0.05, 0) is 67.5 Å². The van der Waals surface area contributed by atoms with E-state index in [2.05, 4.69) is 129 Å². The molecule has 1 saturated heterocycles. The van der Waals surface area contributed by atoms with Crippen LogP contribution in [0.15, 0.2) is 95.4 Å². The third-order valence-electron chi connectivity index (χ3n) is 14.9. The van der Waals surface area contributed by atoms with Gasteiger partial charge < -0.3 is 9.80 Å². The van der Waals surface area contributed by atoms with Gasteiger partial charge in [-0.25, -0.2) is 4.58 Å². The van der Waals surface area contributed by atoms with E-state index >= 15 is 0 Å². The molecule has 2 aromatic carbocycles. The molecule has 1 aliphatic carbocycles. The molecule has 61 heavy (non-hydrogen) atoms. The minimum atomic E-state index is -0.0140. The average molecular weight is 827 g/mol. The first kappa shape index (κ1) is 47.2. The molecule has 3 nitrogen and oxygen atoms in total. The first-order chi connectivity index (χ1) is 29.8. The summed E-state index contributed by atoms with van der Waals surface area (Å²) in [5.74, 6) is 0. The van der Waals surface area contributed by atoms with E-state index in [0.29, 0.717) is 0 Å². The van der Waals surface area contributed by atoms with Gasteiger partial charge in [-0.1, -0.05) is 206 Å². The van der Waals surface area contributed by atoms with Crippen molar-refractivity contribution in [3.63, 3.8) is 0 Å². The Kier molecular flexibility index (Phi) is 18.5. The Labute approximate surface area is 375 Å². The highest BCUT2D eigenvalue weighted by Gasteiger charge is 2.41. The number of benzene rings is 2. The van der Waals surface area contributed by atoms with E-state index in [1.165, 1.54) is 200 Å². The summed E-state index contributed by atoms with van der Waals surface area (Å²) in [6.45, 7) is 19.0. The molecule has 0 radical (unpaired) electrons. The van der Waals surface area contributed by atoms with Gasteiger partial charge in [0, 0.05) is 70.7 Å². The van der Waals surface area contributed by atoms with Crippen LogP contribution < -0.4 is 9.80 Å². The predicted molar refractivity (Wildman–Crippen MR) is 268 cm³/mol. The highest BCUT2D eigenvalue weighted by Crippen LogP contribution is 2.49. The topological polar surface area (TPSA) is 9.49 Å². The zero-order chi connectivity index (χ0) is 42.9. The summed E-state index contributed by atoms with van der Waals surface area (Å²) in [4.78, 5) is 5.38. The predicted octanol–water partition coefficient (Wildman–Crippen LogP) is 16.5. The molecule has 6 rings (SSSR count). The maximum atomic E-state index is 2.76. The summed E-state index contributed by atoms with van der Waals surface area (Å²) in [5.41, 5.74) is 13.4. The highest BCUT2D eigenvalue weighted by atomic mass is 15.2. The summed E-state index contributed by atoms with van der Waals surface area (Å²) in [7, 11) is 0. The van der Waals surface area contributed by atoms with E-state index in [0.717, 1.165) is 25.9 Å². The van der Waals surface area contributed by atoms with Crippen LogP contribution in [0.3, 0.4) is 0 Å². The maximum Gasteiger partial charge on any atom is 0.206 e. The van der Waals surface area contributed by atoms with Gasteiger partial charge in [-0.2, -0.15) is 0 Å². The Balaban J connectivity index is 1.19. The number of hydrogen-bond donors (Lipinski definition) is 0. The fourth-order valence-electron chi connectivity index (χ4n) is 11.2. The molecule has 2 aromatic rings. The van der Waals surface area contributed by atoms with Gasteiger partial charge in [-0.15, -0.1) is 0 Å². The minimum absolute atomic E-state index is 0.0140. The first-order valence-corrected chi connectivity index (χ1v) is 26.0. The van der Waals surface area contributed by atoms with E-state index in [4.69, 9.17) is 0 Å². The fourth-order valence-corrected chi connectivity index (χ4v) is 11.2. The monoisotopic (exact) mass is 827 g/mol. The van der Waals surface area contributed by atoms with Crippen molar-refractivity contribution in [1.29, 1.82) is 0 Å². The molecule has 3 aliphatic heterocycles. The van der Waals surface area contributed by atoms with E-state index in [1.807, 2.05) is 0 Å². The molecular formula is C58H88N3+. The Hall–Kier alpha value is -3.33. The van der Waals surface area contributed by atoms with E-state index in [1.54, 1.807) is 11.1 Å². The second kappa shape index (κ2) is 23.9.